The molecule has 1 atom stereocenters. The summed E-state index contributed by atoms with van der Waals surface area (Å²) in [5.41, 5.74) is 9.51. The van der Waals surface area contributed by atoms with E-state index in [-0.39, 0.29) is 6.10 Å². The van der Waals surface area contributed by atoms with Crippen molar-refractivity contribution >= 4 is 11.4 Å². The molecule has 0 amide bonds. The van der Waals surface area contributed by atoms with Crippen LogP contribution in [0, 0.1) is 0 Å². The van der Waals surface area contributed by atoms with Crippen molar-refractivity contribution in [3.63, 3.8) is 0 Å². The fraction of sp³-hybridized carbons (Fsp3) is 0.538. The van der Waals surface area contributed by atoms with Crippen molar-refractivity contribution in [2.75, 3.05) is 37.1 Å². The number of nitrogen functional groups attached to an aromatic ring is 1. The van der Waals surface area contributed by atoms with Gasteiger partial charge >= 0.3 is 0 Å². The molecule has 2 aliphatic heterocycles. The highest BCUT2D eigenvalue weighted by Crippen LogP contribution is 2.33. The van der Waals surface area contributed by atoms with Crippen LogP contribution in [0.15, 0.2) is 18.2 Å². The first kappa shape index (κ1) is 10.9. The van der Waals surface area contributed by atoms with Gasteiger partial charge in [0.1, 0.15) is 6.79 Å². The minimum Gasteiger partial charge on any atom is -0.397 e. The van der Waals surface area contributed by atoms with Crippen LogP contribution in [0.2, 0.25) is 0 Å². The van der Waals surface area contributed by atoms with Gasteiger partial charge in [0.05, 0.1) is 24.1 Å². The molecule has 0 spiro atoms. The predicted molar refractivity (Wildman–Crippen MR) is 67.1 cm³/mol. The van der Waals surface area contributed by atoms with Gasteiger partial charge in [0, 0.05) is 13.1 Å². The lowest BCUT2D eigenvalue weighted by Gasteiger charge is -2.29. The van der Waals surface area contributed by atoms with E-state index >= 15 is 0 Å². The first-order valence-electron chi connectivity index (χ1n) is 6.16. The minimum absolute atomic E-state index is 0.273. The second kappa shape index (κ2) is 4.55. The van der Waals surface area contributed by atoms with E-state index < -0.39 is 0 Å². The Morgan fingerprint density at radius 3 is 3.18 bits per heavy atom. The molecule has 17 heavy (non-hydrogen) atoms. The van der Waals surface area contributed by atoms with E-state index in [1.807, 2.05) is 12.1 Å². The third kappa shape index (κ3) is 2.10. The lowest BCUT2D eigenvalue weighted by molar-refractivity contribution is -0.135. The number of benzene rings is 1. The van der Waals surface area contributed by atoms with Crippen LogP contribution in [0.1, 0.15) is 12.0 Å². The average molecular weight is 234 g/mol. The van der Waals surface area contributed by atoms with Crippen LogP contribution in [0.4, 0.5) is 11.4 Å². The van der Waals surface area contributed by atoms with E-state index in [0.717, 1.165) is 38.2 Å². The Morgan fingerprint density at radius 2 is 2.35 bits per heavy atom. The first-order chi connectivity index (χ1) is 8.34. The fourth-order valence-corrected chi connectivity index (χ4v) is 2.64. The molecule has 1 aromatic rings. The Bertz CT molecular complexity index is 402. The summed E-state index contributed by atoms with van der Waals surface area (Å²) in [4.78, 5) is 2.35. The Labute approximate surface area is 101 Å². The molecule has 4 heteroatoms. The molecule has 1 unspecified atom stereocenters. The molecule has 2 heterocycles. The maximum Gasteiger partial charge on any atom is 0.147 e. The third-order valence-corrected chi connectivity index (χ3v) is 3.51. The van der Waals surface area contributed by atoms with Crippen LogP contribution in [-0.2, 0) is 15.9 Å². The van der Waals surface area contributed by atoms with Crippen LogP contribution in [0.5, 0.6) is 0 Å². The highest BCUT2D eigenvalue weighted by molar-refractivity contribution is 5.74. The van der Waals surface area contributed by atoms with E-state index in [2.05, 4.69) is 11.0 Å². The first-order valence-corrected chi connectivity index (χ1v) is 6.16. The number of anilines is 2. The van der Waals surface area contributed by atoms with Crippen LogP contribution in [0.3, 0.4) is 0 Å². The number of rotatable bonds is 2. The fourth-order valence-electron chi connectivity index (χ4n) is 2.64. The second-order valence-corrected chi connectivity index (χ2v) is 4.65. The van der Waals surface area contributed by atoms with Gasteiger partial charge in [-0.2, -0.15) is 0 Å². The van der Waals surface area contributed by atoms with Gasteiger partial charge in [-0.05, 0) is 24.5 Å². The molecule has 2 N–H and O–H groups in total. The standard InChI is InChI=1S/C13H18N2O2/c14-12-3-1-2-10-4-6-15(13(10)12)8-11-5-7-16-9-17-11/h1-3,11H,4-9,14H2. The topological polar surface area (TPSA) is 47.7 Å². The monoisotopic (exact) mass is 234 g/mol. The quantitative estimate of drug-likeness (QED) is 0.786. The molecule has 92 valence electrons. The van der Waals surface area contributed by atoms with Gasteiger partial charge in [0.25, 0.3) is 0 Å². The summed E-state index contributed by atoms with van der Waals surface area (Å²) in [7, 11) is 0. The molecular weight excluding hydrogens is 216 g/mol. The molecular formula is C13H18N2O2. The molecule has 3 rings (SSSR count). The highest BCUT2D eigenvalue weighted by atomic mass is 16.7. The van der Waals surface area contributed by atoms with E-state index in [9.17, 15) is 0 Å². The van der Waals surface area contributed by atoms with Gasteiger partial charge in [0.2, 0.25) is 0 Å². The summed E-state index contributed by atoms with van der Waals surface area (Å²) in [6.07, 6.45) is 2.33. The minimum atomic E-state index is 0.273. The summed E-state index contributed by atoms with van der Waals surface area (Å²) < 4.78 is 10.8. The Morgan fingerprint density at radius 1 is 1.41 bits per heavy atom. The summed E-state index contributed by atoms with van der Waals surface area (Å²) in [5, 5.41) is 0. The number of hydrogen-bond donors (Lipinski definition) is 1. The zero-order valence-corrected chi connectivity index (χ0v) is 9.89. The van der Waals surface area contributed by atoms with Gasteiger partial charge in [-0.15, -0.1) is 0 Å². The number of hydrogen-bond acceptors (Lipinski definition) is 4. The molecule has 1 aromatic carbocycles. The maximum absolute atomic E-state index is 6.06. The van der Waals surface area contributed by atoms with Crippen LogP contribution < -0.4 is 10.6 Å². The van der Waals surface area contributed by atoms with Crippen LogP contribution in [-0.4, -0.2) is 32.6 Å². The van der Waals surface area contributed by atoms with Gasteiger partial charge in [-0.25, -0.2) is 0 Å². The summed E-state index contributed by atoms with van der Waals surface area (Å²) in [6.45, 7) is 3.19. The molecule has 1 fully saturated rings. The largest absolute Gasteiger partial charge is 0.397 e. The van der Waals surface area contributed by atoms with Gasteiger partial charge in [-0.1, -0.05) is 12.1 Å². The van der Waals surface area contributed by atoms with E-state index in [1.165, 1.54) is 11.3 Å². The van der Waals surface area contributed by atoms with Gasteiger partial charge < -0.3 is 20.1 Å². The van der Waals surface area contributed by atoms with Crippen LogP contribution in [0.25, 0.3) is 0 Å². The molecule has 1 saturated heterocycles. The molecule has 0 saturated carbocycles. The third-order valence-electron chi connectivity index (χ3n) is 3.51. The summed E-state index contributed by atoms with van der Waals surface area (Å²) in [6, 6.07) is 6.17. The van der Waals surface area contributed by atoms with Crippen molar-refractivity contribution in [2.45, 2.75) is 18.9 Å². The lowest BCUT2D eigenvalue weighted by atomic mass is 10.1. The number of para-hydroxylation sites is 1. The smallest absolute Gasteiger partial charge is 0.147 e. The molecule has 4 nitrogen and oxygen atoms in total. The van der Waals surface area contributed by atoms with Crippen molar-refractivity contribution in [3.05, 3.63) is 23.8 Å². The van der Waals surface area contributed by atoms with Gasteiger partial charge in [0.15, 0.2) is 0 Å². The van der Waals surface area contributed by atoms with Crippen LogP contribution >= 0.6 is 0 Å². The zero-order valence-electron chi connectivity index (χ0n) is 9.89. The van der Waals surface area contributed by atoms with E-state index in [4.69, 9.17) is 15.2 Å². The lowest BCUT2D eigenvalue weighted by Crippen LogP contribution is -2.36. The number of nitrogens with zero attached hydrogens (tertiary/aromatic N) is 1. The zero-order chi connectivity index (χ0) is 11.7. The number of fused-ring (bicyclic) bond motifs is 1. The summed E-state index contributed by atoms with van der Waals surface area (Å²) in [5.74, 6) is 0. The summed E-state index contributed by atoms with van der Waals surface area (Å²) >= 11 is 0. The second-order valence-electron chi connectivity index (χ2n) is 4.65. The van der Waals surface area contributed by atoms with E-state index in [1.54, 1.807) is 0 Å². The number of ether oxygens (including phenoxy) is 2. The Hall–Kier alpha value is -1.26. The molecule has 0 radical (unpaired) electrons. The van der Waals surface area contributed by atoms with E-state index in [0.29, 0.717) is 6.79 Å². The van der Waals surface area contributed by atoms with Crippen molar-refractivity contribution in [3.8, 4) is 0 Å². The maximum atomic E-state index is 6.06. The normalized spacial score (nSPS) is 23.8. The van der Waals surface area contributed by atoms with Gasteiger partial charge in [-0.3, -0.25) is 0 Å². The SMILES string of the molecule is Nc1cccc2c1N(CC1CCOCO1)CC2. The van der Waals surface area contributed by atoms with Crippen molar-refractivity contribution in [2.24, 2.45) is 0 Å². The highest BCUT2D eigenvalue weighted by Gasteiger charge is 2.25. The van der Waals surface area contributed by atoms with Crippen molar-refractivity contribution < 1.29 is 9.47 Å². The molecule has 0 bridgehead atoms. The average Bonchev–Trinajstić information content (AvgIpc) is 2.75. The Balaban J connectivity index is 1.74. The Kier molecular flexibility index (Phi) is 2.91. The molecule has 2 aliphatic rings. The van der Waals surface area contributed by atoms with Crippen molar-refractivity contribution in [1.29, 1.82) is 0 Å². The predicted octanol–water partition coefficient (Wildman–Crippen LogP) is 1.39. The molecule has 0 aliphatic carbocycles. The molecule has 0 aromatic heterocycles. The number of nitrogens with two attached hydrogens (primary N) is 1. The van der Waals surface area contributed by atoms with Crippen molar-refractivity contribution in [1.82, 2.24) is 0 Å².